The summed E-state index contributed by atoms with van der Waals surface area (Å²) in [5.74, 6) is -0.454. The van der Waals surface area contributed by atoms with Gasteiger partial charge in [0.05, 0.1) is 10.9 Å². The highest BCUT2D eigenvalue weighted by atomic mass is 16.4. The summed E-state index contributed by atoms with van der Waals surface area (Å²) in [5.41, 5.74) is 2.11. The summed E-state index contributed by atoms with van der Waals surface area (Å²) in [5, 5.41) is 14.0. The molecule has 0 aliphatic heterocycles. The van der Waals surface area contributed by atoms with Gasteiger partial charge in [-0.1, -0.05) is 6.07 Å². The van der Waals surface area contributed by atoms with E-state index in [-0.39, 0.29) is 17.2 Å². The highest BCUT2D eigenvalue weighted by molar-refractivity contribution is 6.15. The number of phenols is 1. The van der Waals surface area contributed by atoms with Gasteiger partial charge >= 0.3 is 0 Å². The molecule has 0 fully saturated rings. The maximum atomic E-state index is 12.8. The minimum atomic E-state index is -0.524. The first-order chi connectivity index (χ1) is 13.5. The van der Waals surface area contributed by atoms with Crippen LogP contribution in [0.3, 0.4) is 0 Å². The molecule has 140 valence electrons. The zero-order valence-electron chi connectivity index (χ0n) is 15.1. The molecule has 0 unspecified atom stereocenters. The second-order valence-electron chi connectivity index (χ2n) is 6.97. The first kappa shape index (κ1) is 16.4. The van der Waals surface area contributed by atoms with Crippen molar-refractivity contribution in [3.05, 3.63) is 57.2 Å². The molecule has 0 bridgehead atoms. The van der Waals surface area contributed by atoms with Crippen LogP contribution in [0.4, 0.5) is 0 Å². The van der Waals surface area contributed by atoms with E-state index in [2.05, 4.69) is 15.1 Å². The molecule has 0 aliphatic carbocycles. The van der Waals surface area contributed by atoms with E-state index in [4.69, 9.17) is 4.42 Å². The number of nitrogens with one attached hydrogen (secondary N) is 2. The number of nitrogens with zero attached hydrogens (tertiary/aromatic N) is 2. The van der Waals surface area contributed by atoms with Gasteiger partial charge in [0.25, 0.3) is 5.56 Å². The Hall–Kier alpha value is -3.81. The predicted octanol–water partition coefficient (Wildman–Crippen LogP) is 3.27. The maximum Gasteiger partial charge on any atom is 0.274 e. The van der Waals surface area contributed by atoms with E-state index >= 15 is 0 Å². The summed E-state index contributed by atoms with van der Waals surface area (Å²) in [7, 11) is 0. The largest absolute Gasteiger partial charge is 0.502 e. The maximum absolute atomic E-state index is 12.8. The average molecular weight is 376 g/mol. The molecule has 0 saturated carbocycles. The first-order valence-corrected chi connectivity index (χ1v) is 8.82. The van der Waals surface area contributed by atoms with Gasteiger partial charge in [0.15, 0.2) is 11.2 Å². The number of hydrogen-bond donors (Lipinski definition) is 3. The minimum absolute atomic E-state index is 0.000427. The molecule has 3 N–H and O–H groups in total. The summed E-state index contributed by atoms with van der Waals surface area (Å²) < 4.78 is 7.66. The van der Waals surface area contributed by atoms with Gasteiger partial charge < -0.3 is 14.5 Å². The minimum Gasteiger partial charge on any atom is -0.502 e. The van der Waals surface area contributed by atoms with Gasteiger partial charge in [-0.2, -0.15) is 0 Å². The van der Waals surface area contributed by atoms with Gasteiger partial charge in [-0.05, 0) is 32.0 Å². The van der Waals surface area contributed by atoms with Crippen molar-refractivity contribution >= 4 is 33.1 Å². The number of rotatable bonds is 2. The standard InChI is InChI=1S/C20H16N4O4/c1-9(2)24-19-14(20(27)23-24)13(10-4-3-7-21-8-10)18-15(22-19)11-5-6-12(25)16(26)17(11)28-18/h3-9,22,26H,1-2H3,(H,23,27). The van der Waals surface area contributed by atoms with Crippen molar-refractivity contribution in [2.75, 3.05) is 0 Å². The van der Waals surface area contributed by atoms with E-state index in [1.807, 2.05) is 19.9 Å². The number of pyridine rings is 2. The second-order valence-corrected chi connectivity index (χ2v) is 6.97. The van der Waals surface area contributed by atoms with Gasteiger partial charge in [0, 0.05) is 34.9 Å². The topological polar surface area (TPSA) is 117 Å². The van der Waals surface area contributed by atoms with Crippen LogP contribution in [-0.4, -0.2) is 24.9 Å². The third-order valence-electron chi connectivity index (χ3n) is 4.91. The number of H-pyrrole nitrogens is 2. The van der Waals surface area contributed by atoms with Crippen LogP contribution in [0.2, 0.25) is 0 Å². The molecule has 28 heavy (non-hydrogen) atoms. The lowest BCUT2D eigenvalue weighted by Gasteiger charge is -2.10. The van der Waals surface area contributed by atoms with Gasteiger partial charge in [0.1, 0.15) is 5.65 Å². The Morgan fingerprint density at radius 3 is 2.71 bits per heavy atom. The zero-order chi connectivity index (χ0) is 19.6. The summed E-state index contributed by atoms with van der Waals surface area (Å²) in [6.45, 7) is 3.92. The van der Waals surface area contributed by atoms with Crippen LogP contribution in [0.15, 0.2) is 50.7 Å². The fourth-order valence-electron chi connectivity index (χ4n) is 3.64. The lowest BCUT2D eigenvalue weighted by molar-refractivity contribution is 0.464. The highest BCUT2D eigenvalue weighted by Gasteiger charge is 2.23. The molecule has 0 saturated heterocycles. The number of hydrogen-bond acceptors (Lipinski definition) is 5. The lowest BCUT2D eigenvalue weighted by Crippen LogP contribution is -2.07. The summed E-state index contributed by atoms with van der Waals surface area (Å²) in [6, 6.07) is 6.50. The molecule has 0 aliphatic rings. The molecule has 5 rings (SSSR count). The van der Waals surface area contributed by atoms with Crippen molar-refractivity contribution in [3.8, 4) is 16.9 Å². The average Bonchev–Trinajstić information content (AvgIpc) is 3.22. The van der Waals surface area contributed by atoms with Crippen LogP contribution in [-0.2, 0) is 0 Å². The Morgan fingerprint density at radius 2 is 2.00 bits per heavy atom. The number of aromatic amines is 2. The van der Waals surface area contributed by atoms with Gasteiger partial charge in [-0.15, -0.1) is 0 Å². The molecule has 4 aromatic heterocycles. The second kappa shape index (κ2) is 5.59. The third-order valence-corrected chi connectivity index (χ3v) is 4.91. The van der Waals surface area contributed by atoms with Crippen LogP contribution in [0.1, 0.15) is 19.9 Å². The number of fused-ring (bicyclic) bond motifs is 4. The summed E-state index contributed by atoms with van der Waals surface area (Å²) in [4.78, 5) is 32.1. The quantitative estimate of drug-likeness (QED) is 0.437. The molecule has 0 amide bonds. The smallest absolute Gasteiger partial charge is 0.274 e. The fraction of sp³-hybridized carbons (Fsp3) is 0.150. The van der Waals surface area contributed by atoms with Crippen LogP contribution in [0.5, 0.6) is 5.75 Å². The van der Waals surface area contributed by atoms with Crippen LogP contribution < -0.4 is 11.0 Å². The molecule has 0 atom stereocenters. The van der Waals surface area contributed by atoms with E-state index < -0.39 is 11.2 Å². The molecule has 5 aromatic rings. The Balaban J connectivity index is 2.10. The highest BCUT2D eigenvalue weighted by Crippen LogP contribution is 2.39. The zero-order valence-corrected chi connectivity index (χ0v) is 15.1. The number of phenolic OH excluding ortho intramolecular Hbond substituents is 1. The molecule has 0 radical (unpaired) electrons. The van der Waals surface area contributed by atoms with E-state index in [0.29, 0.717) is 38.6 Å². The Bertz CT molecular complexity index is 1490. The van der Waals surface area contributed by atoms with Crippen molar-refractivity contribution in [3.63, 3.8) is 0 Å². The van der Waals surface area contributed by atoms with Crippen molar-refractivity contribution in [1.82, 2.24) is 19.7 Å². The van der Waals surface area contributed by atoms with Crippen molar-refractivity contribution in [2.24, 2.45) is 0 Å². The van der Waals surface area contributed by atoms with Gasteiger partial charge in [-0.25, -0.2) is 0 Å². The Labute approximate surface area is 157 Å². The van der Waals surface area contributed by atoms with Gasteiger partial charge in [-0.3, -0.25) is 24.4 Å². The van der Waals surface area contributed by atoms with Crippen molar-refractivity contribution < 1.29 is 9.52 Å². The normalized spacial score (nSPS) is 12.0. The molecule has 1 aromatic carbocycles. The van der Waals surface area contributed by atoms with Crippen LogP contribution in [0, 0.1) is 0 Å². The summed E-state index contributed by atoms with van der Waals surface area (Å²) >= 11 is 0. The van der Waals surface area contributed by atoms with Crippen molar-refractivity contribution in [1.29, 1.82) is 0 Å². The molecular weight excluding hydrogens is 360 g/mol. The van der Waals surface area contributed by atoms with E-state index in [9.17, 15) is 14.7 Å². The monoisotopic (exact) mass is 376 g/mol. The molecule has 8 heteroatoms. The molecular formula is C20H16N4O4. The van der Waals surface area contributed by atoms with E-state index in [1.165, 1.54) is 6.07 Å². The predicted molar refractivity (Wildman–Crippen MR) is 106 cm³/mol. The number of benzene rings is 1. The van der Waals surface area contributed by atoms with Crippen molar-refractivity contribution in [2.45, 2.75) is 19.9 Å². The molecule has 4 heterocycles. The van der Waals surface area contributed by atoms with Crippen LogP contribution in [0.25, 0.3) is 44.2 Å². The SMILES string of the molecule is CC(C)n1[nH]c(=O)c2c(-c3cccnc3)c3oc4c(O)c(=O)ccc4c3[nH]c21. The summed E-state index contributed by atoms with van der Waals surface area (Å²) in [6.07, 6.45) is 3.29. The number of aromatic hydroxyl groups is 1. The Kier molecular flexibility index (Phi) is 3.27. The van der Waals surface area contributed by atoms with E-state index in [0.717, 1.165) is 0 Å². The van der Waals surface area contributed by atoms with Crippen LogP contribution >= 0.6 is 0 Å². The lowest BCUT2D eigenvalue weighted by atomic mass is 10.0. The van der Waals surface area contributed by atoms with Gasteiger partial charge in [0.2, 0.25) is 11.2 Å². The molecule has 0 spiro atoms. The Morgan fingerprint density at radius 1 is 1.18 bits per heavy atom. The third kappa shape index (κ3) is 2.08. The first-order valence-electron chi connectivity index (χ1n) is 8.82. The molecule has 8 nitrogen and oxygen atoms in total. The number of aromatic nitrogens is 4. The van der Waals surface area contributed by atoms with E-state index in [1.54, 1.807) is 29.2 Å². The number of furan rings is 1. The fourth-order valence-corrected chi connectivity index (χ4v) is 3.64.